The van der Waals surface area contributed by atoms with Crippen molar-refractivity contribution in [2.24, 2.45) is 5.92 Å². The molecule has 33 heavy (non-hydrogen) atoms. The zero-order valence-electron chi connectivity index (χ0n) is 18.1. The normalized spacial score (nSPS) is 17.4. The average Bonchev–Trinajstić information content (AvgIpc) is 3.25. The number of aromatic nitrogens is 3. The summed E-state index contributed by atoms with van der Waals surface area (Å²) in [6, 6.07) is 10.7. The molecule has 0 bridgehead atoms. The highest BCUT2D eigenvalue weighted by Gasteiger charge is 2.31. The minimum Gasteiger partial charge on any atom is -0.493 e. The summed E-state index contributed by atoms with van der Waals surface area (Å²) in [4.78, 5) is 37.6. The number of carbonyl (C=O) groups is 2. The molecule has 3 aromatic rings. The summed E-state index contributed by atoms with van der Waals surface area (Å²) in [7, 11) is 0. The largest absolute Gasteiger partial charge is 0.493 e. The van der Waals surface area contributed by atoms with E-state index >= 15 is 0 Å². The molecule has 0 radical (unpaired) electrons. The van der Waals surface area contributed by atoms with Gasteiger partial charge in [0.25, 0.3) is 5.91 Å². The molecule has 0 aliphatic heterocycles. The summed E-state index contributed by atoms with van der Waals surface area (Å²) in [6.07, 6.45) is 5.85. The Hall–Kier alpha value is -3.88. The number of carbonyl (C=O) groups excluding carboxylic acids is 2. The number of nitrogens with zero attached hydrogens (tertiary/aromatic N) is 3. The second kappa shape index (κ2) is 10.2. The van der Waals surface area contributed by atoms with Gasteiger partial charge < -0.3 is 15.4 Å². The van der Waals surface area contributed by atoms with Crippen LogP contribution in [0.5, 0.6) is 5.75 Å². The molecule has 1 saturated carbocycles. The minimum atomic E-state index is -0.372. The lowest BCUT2D eigenvalue weighted by atomic mass is 10.0. The molecule has 170 valence electrons. The van der Waals surface area contributed by atoms with E-state index in [2.05, 4.69) is 25.6 Å². The zero-order chi connectivity index (χ0) is 23.2. The fraction of sp³-hybridized carbons (Fsp3) is 0.292. The first-order chi connectivity index (χ1) is 16.0. The Labute approximate surface area is 190 Å². The van der Waals surface area contributed by atoms with Gasteiger partial charge in [-0.25, -0.2) is 19.3 Å². The van der Waals surface area contributed by atoms with Gasteiger partial charge in [0.05, 0.1) is 12.2 Å². The quantitative estimate of drug-likeness (QED) is 0.571. The zero-order valence-corrected chi connectivity index (χ0v) is 18.1. The maximum atomic E-state index is 13.3. The number of ether oxygens (including phenoxy) is 1. The van der Waals surface area contributed by atoms with E-state index in [0.29, 0.717) is 23.7 Å². The molecular formula is C24H24FN5O3. The Balaban J connectivity index is 1.51. The van der Waals surface area contributed by atoms with Gasteiger partial charge >= 0.3 is 0 Å². The number of halogens is 1. The van der Waals surface area contributed by atoms with Gasteiger partial charge in [0.2, 0.25) is 5.91 Å². The second-order valence-electron chi connectivity index (χ2n) is 7.88. The van der Waals surface area contributed by atoms with Crippen LogP contribution in [0.1, 0.15) is 36.7 Å². The molecule has 2 heterocycles. The Kier molecular flexibility index (Phi) is 6.87. The van der Waals surface area contributed by atoms with E-state index in [-0.39, 0.29) is 41.1 Å². The van der Waals surface area contributed by atoms with Gasteiger partial charge in [0.1, 0.15) is 23.1 Å². The predicted molar refractivity (Wildman–Crippen MR) is 120 cm³/mol. The van der Waals surface area contributed by atoms with Crippen molar-refractivity contribution in [2.75, 3.05) is 11.9 Å². The molecular weight excluding hydrogens is 425 g/mol. The van der Waals surface area contributed by atoms with Gasteiger partial charge in [0.15, 0.2) is 5.82 Å². The molecule has 2 aromatic heterocycles. The average molecular weight is 449 g/mol. The topological polar surface area (TPSA) is 106 Å². The van der Waals surface area contributed by atoms with Crippen molar-refractivity contribution >= 4 is 17.6 Å². The molecule has 1 aromatic carbocycles. The van der Waals surface area contributed by atoms with Crippen LogP contribution in [0.3, 0.4) is 0 Å². The van der Waals surface area contributed by atoms with Crippen LogP contribution in [-0.4, -0.2) is 39.4 Å². The van der Waals surface area contributed by atoms with Crippen molar-refractivity contribution in [2.45, 2.75) is 32.2 Å². The summed E-state index contributed by atoms with van der Waals surface area (Å²) in [5, 5.41) is 5.68. The van der Waals surface area contributed by atoms with Gasteiger partial charge in [-0.05, 0) is 55.3 Å². The van der Waals surface area contributed by atoms with Gasteiger partial charge in [-0.3, -0.25) is 9.59 Å². The molecule has 1 aliphatic rings. The molecule has 9 heteroatoms. The number of nitrogens with one attached hydrogen (secondary N) is 2. The Morgan fingerprint density at radius 1 is 1.09 bits per heavy atom. The van der Waals surface area contributed by atoms with Crippen LogP contribution < -0.4 is 15.4 Å². The Bertz CT molecular complexity index is 1120. The molecule has 4 rings (SSSR count). The maximum Gasteiger partial charge on any atom is 0.270 e. The second-order valence-corrected chi connectivity index (χ2v) is 7.88. The van der Waals surface area contributed by atoms with Crippen LogP contribution in [0.4, 0.5) is 10.2 Å². The summed E-state index contributed by atoms with van der Waals surface area (Å²) in [5.74, 6) is 0.355. The first kappa shape index (κ1) is 22.3. The van der Waals surface area contributed by atoms with Gasteiger partial charge in [0, 0.05) is 31.3 Å². The summed E-state index contributed by atoms with van der Waals surface area (Å²) in [6.45, 7) is 1.78. The maximum absolute atomic E-state index is 13.3. The Morgan fingerprint density at radius 2 is 1.85 bits per heavy atom. The standard InChI is InChI=1S/C24H24FN5O3/c1-15(31)28-21-11-10-19(23-26-12-3-13-27-23)22(30-21)24(32)29-20-5-2-4-16(20)14-33-18-8-6-17(25)7-9-18/h3,6-13,16,20H,2,4-5,14H2,1H3,(H,29,32)(H,28,30,31)/t16-,20+/m1/s1. The van der Waals surface area contributed by atoms with Crippen molar-refractivity contribution in [3.63, 3.8) is 0 Å². The van der Waals surface area contributed by atoms with E-state index in [1.165, 1.54) is 19.1 Å². The third-order valence-corrected chi connectivity index (χ3v) is 5.47. The van der Waals surface area contributed by atoms with Crippen molar-refractivity contribution < 1.29 is 18.7 Å². The lowest BCUT2D eigenvalue weighted by molar-refractivity contribution is -0.114. The van der Waals surface area contributed by atoms with Crippen molar-refractivity contribution in [3.05, 3.63) is 66.4 Å². The Morgan fingerprint density at radius 3 is 2.58 bits per heavy atom. The number of amides is 2. The van der Waals surface area contributed by atoms with Crippen LogP contribution in [-0.2, 0) is 4.79 Å². The molecule has 0 unspecified atom stereocenters. The molecule has 2 amide bonds. The monoisotopic (exact) mass is 449 g/mol. The number of anilines is 1. The van der Waals surface area contributed by atoms with Crippen LogP contribution in [0.25, 0.3) is 11.4 Å². The van der Waals surface area contributed by atoms with Crippen molar-refractivity contribution in [1.29, 1.82) is 0 Å². The molecule has 0 spiro atoms. The third kappa shape index (κ3) is 5.68. The predicted octanol–water partition coefficient (Wildman–Crippen LogP) is 3.61. The van der Waals surface area contributed by atoms with E-state index < -0.39 is 0 Å². The van der Waals surface area contributed by atoms with E-state index in [0.717, 1.165) is 19.3 Å². The third-order valence-electron chi connectivity index (χ3n) is 5.47. The highest BCUT2D eigenvalue weighted by Crippen LogP contribution is 2.28. The first-order valence-electron chi connectivity index (χ1n) is 10.7. The number of rotatable bonds is 7. The van der Waals surface area contributed by atoms with Crippen molar-refractivity contribution in [1.82, 2.24) is 20.3 Å². The van der Waals surface area contributed by atoms with Crippen LogP contribution >= 0.6 is 0 Å². The smallest absolute Gasteiger partial charge is 0.270 e. The van der Waals surface area contributed by atoms with E-state index in [4.69, 9.17) is 4.74 Å². The van der Waals surface area contributed by atoms with Gasteiger partial charge in [-0.1, -0.05) is 6.42 Å². The SMILES string of the molecule is CC(=O)Nc1ccc(-c2ncccn2)c(C(=O)N[C@H]2CCC[C@@H]2COc2ccc(F)cc2)n1. The number of benzene rings is 1. The highest BCUT2D eigenvalue weighted by atomic mass is 19.1. The number of hydrogen-bond donors (Lipinski definition) is 2. The van der Waals surface area contributed by atoms with Gasteiger partial charge in [-0.2, -0.15) is 0 Å². The van der Waals surface area contributed by atoms with Crippen LogP contribution in [0, 0.1) is 11.7 Å². The summed E-state index contributed by atoms with van der Waals surface area (Å²) in [5.41, 5.74) is 0.608. The molecule has 8 nitrogen and oxygen atoms in total. The van der Waals surface area contributed by atoms with Crippen molar-refractivity contribution in [3.8, 4) is 17.1 Å². The molecule has 1 fully saturated rings. The minimum absolute atomic E-state index is 0.103. The molecule has 0 saturated heterocycles. The molecule has 2 N–H and O–H groups in total. The van der Waals surface area contributed by atoms with Crippen LogP contribution in [0.15, 0.2) is 54.9 Å². The molecule has 1 aliphatic carbocycles. The lowest BCUT2D eigenvalue weighted by Crippen LogP contribution is -2.40. The lowest BCUT2D eigenvalue weighted by Gasteiger charge is -2.22. The van der Waals surface area contributed by atoms with Crippen LogP contribution in [0.2, 0.25) is 0 Å². The summed E-state index contributed by atoms with van der Waals surface area (Å²) < 4.78 is 18.9. The van der Waals surface area contributed by atoms with E-state index in [9.17, 15) is 14.0 Å². The fourth-order valence-electron chi connectivity index (χ4n) is 3.90. The van der Waals surface area contributed by atoms with E-state index in [1.54, 1.807) is 42.7 Å². The van der Waals surface area contributed by atoms with E-state index in [1.807, 2.05) is 0 Å². The number of pyridine rings is 1. The highest BCUT2D eigenvalue weighted by molar-refractivity contribution is 5.99. The molecule has 2 atom stereocenters. The fourth-order valence-corrected chi connectivity index (χ4v) is 3.90. The van der Waals surface area contributed by atoms with Gasteiger partial charge in [-0.15, -0.1) is 0 Å². The summed E-state index contributed by atoms with van der Waals surface area (Å²) >= 11 is 0. The first-order valence-corrected chi connectivity index (χ1v) is 10.7. The number of hydrogen-bond acceptors (Lipinski definition) is 6.